The van der Waals surface area contributed by atoms with Gasteiger partial charge >= 0.3 is 0 Å². The Bertz CT molecular complexity index is 84.1. The largest absolute Gasteiger partial charge is 0.468 e. The first kappa shape index (κ1) is 7.65. The molecule has 0 fully saturated rings. The summed E-state index contributed by atoms with van der Waals surface area (Å²) in [7, 11) is 0. The fourth-order valence-corrected chi connectivity index (χ4v) is 0.271. The summed E-state index contributed by atoms with van der Waals surface area (Å²) in [5.74, 6) is 0. The van der Waals surface area contributed by atoms with E-state index in [0.29, 0.717) is 0 Å². The Kier molecular flexibility index (Phi) is 3.47. The van der Waals surface area contributed by atoms with E-state index in [1.54, 1.807) is 6.92 Å². The summed E-state index contributed by atoms with van der Waals surface area (Å²) >= 11 is 4.36. The maximum Gasteiger partial charge on any atom is 0.254 e. The predicted octanol–water partition coefficient (Wildman–Crippen LogP) is -0.373. The number of thiocarbonyl (C=S) groups is 1. The van der Waals surface area contributed by atoms with Crippen molar-refractivity contribution in [3.63, 3.8) is 0 Å². The Hall–Kier alpha value is -0.350. The molecule has 0 aliphatic heterocycles. The summed E-state index contributed by atoms with van der Waals surface area (Å²) in [6, 6.07) is 0. The Labute approximate surface area is 53.4 Å². The minimum absolute atomic E-state index is 0.0223. The van der Waals surface area contributed by atoms with E-state index in [9.17, 15) is 0 Å². The van der Waals surface area contributed by atoms with E-state index in [1.807, 2.05) is 0 Å². The van der Waals surface area contributed by atoms with Crippen molar-refractivity contribution in [2.24, 2.45) is 5.73 Å². The fraction of sp³-hybridized carbons (Fsp3) is 0.750. The van der Waals surface area contributed by atoms with E-state index in [4.69, 9.17) is 10.8 Å². The van der Waals surface area contributed by atoms with Crippen LogP contribution in [0.5, 0.6) is 0 Å². The molecule has 0 aromatic rings. The molecular weight excluding hydrogens is 126 g/mol. The number of nitrogens with two attached hydrogens (primary N) is 1. The third kappa shape index (κ3) is 5.65. The van der Waals surface area contributed by atoms with Crippen molar-refractivity contribution >= 4 is 17.4 Å². The zero-order valence-electron chi connectivity index (χ0n) is 4.63. The lowest BCUT2D eigenvalue weighted by Crippen LogP contribution is -2.19. The molecular formula is C4H9NO2S. The van der Waals surface area contributed by atoms with Gasteiger partial charge in [0.15, 0.2) is 0 Å². The van der Waals surface area contributed by atoms with E-state index >= 15 is 0 Å². The lowest BCUT2D eigenvalue weighted by molar-refractivity contribution is 0.118. The highest BCUT2D eigenvalue weighted by Crippen LogP contribution is 1.80. The second-order valence-electron chi connectivity index (χ2n) is 1.48. The summed E-state index contributed by atoms with van der Waals surface area (Å²) in [6.07, 6.45) is -0.503. The molecule has 0 bridgehead atoms. The molecule has 0 rings (SSSR count). The smallest absolute Gasteiger partial charge is 0.254 e. The van der Waals surface area contributed by atoms with Gasteiger partial charge in [-0.25, -0.2) is 0 Å². The number of aliphatic hydroxyl groups is 1. The molecule has 0 aliphatic rings. The van der Waals surface area contributed by atoms with Crippen molar-refractivity contribution in [3.8, 4) is 0 Å². The number of hydrogen-bond acceptors (Lipinski definition) is 3. The maximum atomic E-state index is 8.56. The standard InChI is InChI=1S/C4H9NO2S/c1-3(6)2-7-4(5)8/h3,6H,2H2,1H3,(H2,5,8). The van der Waals surface area contributed by atoms with Gasteiger partial charge in [-0.2, -0.15) is 0 Å². The Balaban J connectivity index is 3.05. The highest BCUT2D eigenvalue weighted by atomic mass is 32.1. The minimum atomic E-state index is -0.503. The fourth-order valence-electron chi connectivity index (χ4n) is 0.203. The molecule has 3 nitrogen and oxygen atoms in total. The summed E-state index contributed by atoms with van der Waals surface area (Å²) < 4.78 is 4.56. The average Bonchev–Trinajstić information content (AvgIpc) is 1.61. The third-order valence-corrected chi connectivity index (χ3v) is 0.585. The minimum Gasteiger partial charge on any atom is -0.468 e. The Morgan fingerprint density at radius 1 is 2.00 bits per heavy atom. The molecule has 0 saturated heterocycles. The molecule has 0 spiro atoms. The molecule has 3 N–H and O–H groups in total. The molecule has 0 radical (unpaired) electrons. The van der Waals surface area contributed by atoms with Crippen LogP contribution in [-0.2, 0) is 4.74 Å². The van der Waals surface area contributed by atoms with Gasteiger partial charge in [0, 0.05) is 0 Å². The highest BCUT2D eigenvalue weighted by Gasteiger charge is 1.94. The monoisotopic (exact) mass is 135 g/mol. The molecule has 0 aromatic carbocycles. The van der Waals surface area contributed by atoms with Crippen molar-refractivity contribution in [1.82, 2.24) is 0 Å². The van der Waals surface area contributed by atoms with Gasteiger partial charge in [0.1, 0.15) is 6.61 Å². The first-order valence-electron chi connectivity index (χ1n) is 2.23. The summed E-state index contributed by atoms with van der Waals surface area (Å²) in [4.78, 5) is 0. The third-order valence-electron chi connectivity index (χ3n) is 0.467. The van der Waals surface area contributed by atoms with Crippen LogP contribution in [0.1, 0.15) is 6.92 Å². The van der Waals surface area contributed by atoms with Gasteiger partial charge in [-0.3, -0.25) is 0 Å². The van der Waals surface area contributed by atoms with Crippen molar-refractivity contribution in [1.29, 1.82) is 0 Å². The van der Waals surface area contributed by atoms with Crippen LogP contribution in [0.25, 0.3) is 0 Å². The zero-order valence-corrected chi connectivity index (χ0v) is 5.44. The van der Waals surface area contributed by atoms with Crippen LogP contribution in [0.4, 0.5) is 0 Å². The van der Waals surface area contributed by atoms with Crippen molar-refractivity contribution in [2.45, 2.75) is 13.0 Å². The molecule has 48 valence electrons. The molecule has 0 aliphatic carbocycles. The van der Waals surface area contributed by atoms with Gasteiger partial charge in [0.05, 0.1) is 6.10 Å². The maximum absolute atomic E-state index is 8.56. The normalized spacial score (nSPS) is 12.8. The topological polar surface area (TPSA) is 55.5 Å². The zero-order chi connectivity index (χ0) is 6.57. The van der Waals surface area contributed by atoms with Crippen LogP contribution in [0.2, 0.25) is 0 Å². The van der Waals surface area contributed by atoms with Crippen LogP contribution in [0, 0.1) is 0 Å². The van der Waals surface area contributed by atoms with E-state index < -0.39 is 6.10 Å². The molecule has 1 unspecified atom stereocenters. The highest BCUT2D eigenvalue weighted by molar-refractivity contribution is 7.80. The van der Waals surface area contributed by atoms with Crippen LogP contribution in [0.15, 0.2) is 0 Å². The molecule has 0 amide bonds. The van der Waals surface area contributed by atoms with Gasteiger partial charge in [0.2, 0.25) is 0 Å². The van der Waals surface area contributed by atoms with E-state index in [1.165, 1.54) is 0 Å². The number of ether oxygens (including phenoxy) is 1. The average molecular weight is 135 g/mol. The van der Waals surface area contributed by atoms with E-state index in [0.717, 1.165) is 0 Å². The van der Waals surface area contributed by atoms with Gasteiger partial charge < -0.3 is 15.6 Å². The van der Waals surface area contributed by atoms with Crippen molar-refractivity contribution < 1.29 is 9.84 Å². The molecule has 1 atom stereocenters. The van der Waals surface area contributed by atoms with Crippen molar-refractivity contribution in [3.05, 3.63) is 0 Å². The number of aliphatic hydroxyl groups excluding tert-OH is 1. The lowest BCUT2D eigenvalue weighted by atomic mass is 10.5. The van der Waals surface area contributed by atoms with Gasteiger partial charge in [-0.15, -0.1) is 0 Å². The molecule has 0 aromatic heterocycles. The van der Waals surface area contributed by atoms with Gasteiger partial charge in [-0.05, 0) is 19.1 Å². The van der Waals surface area contributed by atoms with E-state index in [2.05, 4.69) is 17.0 Å². The number of hydrogen-bond donors (Lipinski definition) is 2. The molecule has 0 heterocycles. The Morgan fingerprint density at radius 2 is 2.50 bits per heavy atom. The van der Waals surface area contributed by atoms with Crippen LogP contribution >= 0.6 is 12.2 Å². The van der Waals surface area contributed by atoms with Crippen LogP contribution in [0.3, 0.4) is 0 Å². The van der Waals surface area contributed by atoms with E-state index in [-0.39, 0.29) is 11.8 Å². The summed E-state index contributed by atoms with van der Waals surface area (Å²) in [5, 5.41) is 8.54. The first-order valence-corrected chi connectivity index (χ1v) is 2.64. The Morgan fingerprint density at radius 3 is 2.62 bits per heavy atom. The first-order chi connectivity index (χ1) is 3.63. The van der Waals surface area contributed by atoms with Crippen molar-refractivity contribution in [2.75, 3.05) is 6.61 Å². The quantitative estimate of drug-likeness (QED) is 0.507. The molecule has 8 heavy (non-hydrogen) atoms. The summed E-state index contributed by atoms with van der Waals surface area (Å²) in [6.45, 7) is 1.77. The molecule has 0 saturated carbocycles. The van der Waals surface area contributed by atoms with Gasteiger partial charge in [0.25, 0.3) is 5.17 Å². The summed E-state index contributed by atoms with van der Waals surface area (Å²) in [5.41, 5.74) is 4.94. The lowest BCUT2D eigenvalue weighted by Gasteiger charge is -2.03. The second kappa shape index (κ2) is 3.63. The van der Waals surface area contributed by atoms with Crippen LogP contribution < -0.4 is 5.73 Å². The number of rotatable bonds is 2. The van der Waals surface area contributed by atoms with Crippen LogP contribution in [-0.4, -0.2) is 23.0 Å². The second-order valence-corrected chi connectivity index (χ2v) is 1.88. The van der Waals surface area contributed by atoms with Gasteiger partial charge in [-0.1, -0.05) is 0 Å². The molecule has 4 heteroatoms. The predicted molar refractivity (Wildman–Crippen MR) is 34.4 cm³/mol. The SMILES string of the molecule is CC(O)COC(N)=S.